The molecular weight excluding hydrogens is 366 g/mol. The molecule has 5 nitrogen and oxygen atoms in total. The van der Waals surface area contributed by atoms with Crippen molar-refractivity contribution in [3.05, 3.63) is 60.2 Å². The number of aliphatic hydroxyl groups excluding tert-OH is 1. The highest BCUT2D eigenvalue weighted by Crippen LogP contribution is 2.10. The van der Waals surface area contributed by atoms with Crippen LogP contribution in [0.4, 0.5) is 0 Å². The van der Waals surface area contributed by atoms with Gasteiger partial charge in [-0.2, -0.15) is 0 Å². The van der Waals surface area contributed by atoms with Crippen molar-refractivity contribution in [1.29, 1.82) is 0 Å². The largest absolute Gasteiger partial charge is 0.458 e. The highest BCUT2D eigenvalue weighted by molar-refractivity contribution is 5.92. The third-order valence-electron chi connectivity index (χ3n) is 4.11. The molecule has 2 N–H and O–H groups in total. The van der Waals surface area contributed by atoms with E-state index in [2.05, 4.69) is 29.6 Å². The normalized spacial score (nSPS) is 14.1. The number of unbranched alkanes of at least 4 members (excludes halogenated alkanes) is 3. The molecule has 0 saturated heterocycles. The van der Waals surface area contributed by atoms with Gasteiger partial charge < -0.3 is 15.2 Å². The van der Waals surface area contributed by atoms with Crippen LogP contribution in [0.1, 0.15) is 58.9 Å². The maximum absolute atomic E-state index is 12.1. The van der Waals surface area contributed by atoms with Gasteiger partial charge in [0.2, 0.25) is 5.91 Å². The molecule has 0 bridgehead atoms. The second-order valence-corrected chi connectivity index (χ2v) is 8.13. The zero-order chi connectivity index (χ0) is 21.7. The highest BCUT2D eigenvalue weighted by atomic mass is 16.6. The van der Waals surface area contributed by atoms with E-state index in [-0.39, 0.29) is 0 Å². The molecule has 160 valence electrons. The fraction of sp³-hybridized carbons (Fsp3) is 0.500. The molecule has 1 aromatic carbocycles. The zero-order valence-corrected chi connectivity index (χ0v) is 18.1. The third-order valence-corrected chi connectivity index (χ3v) is 4.11. The summed E-state index contributed by atoms with van der Waals surface area (Å²) in [5, 5.41) is 12.2. The van der Waals surface area contributed by atoms with Crippen LogP contribution in [0, 0.1) is 0 Å². The lowest BCUT2D eigenvalue weighted by atomic mass is 10.1. The molecule has 0 spiro atoms. The molecule has 1 rings (SSSR count). The van der Waals surface area contributed by atoms with Crippen molar-refractivity contribution in [2.24, 2.45) is 0 Å². The quantitative estimate of drug-likeness (QED) is 0.253. The molecule has 0 aliphatic carbocycles. The van der Waals surface area contributed by atoms with E-state index in [9.17, 15) is 14.7 Å². The van der Waals surface area contributed by atoms with E-state index in [1.807, 2.05) is 18.2 Å². The van der Waals surface area contributed by atoms with Crippen LogP contribution in [0.5, 0.6) is 0 Å². The lowest BCUT2D eigenvalue weighted by molar-refractivity contribution is -0.161. The number of allylic oxidation sites excluding steroid dienone is 3. The molecule has 0 heterocycles. The van der Waals surface area contributed by atoms with Gasteiger partial charge in [-0.15, -0.1) is 0 Å². The van der Waals surface area contributed by atoms with Gasteiger partial charge in [-0.25, -0.2) is 4.79 Å². The molecule has 1 amide bonds. The van der Waals surface area contributed by atoms with E-state index in [4.69, 9.17) is 4.74 Å². The van der Waals surface area contributed by atoms with E-state index in [0.717, 1.165) is 25.7 Å². The van der Waals surface area contributed by atoms with Gasteiger partial charge in [0.05, 0.1) is 6.10 Å². The molecular formula is C24H35NO4. The molecule has 0 radical (unpaired) electrons. The van der Waals surface area contributed by atoms with Crippen molar-refractivity contribution >= 4 is 11.9 Å². The SMILES string of the molecule is C[C@@H](O)[C@H](NC(=O)/C=C/C=C/CCCCCc1ccccc1)C(=O)OC(C)(C)C. The standard InChI is InChI=1S/C24H35NO4/c1-19(26)22(23(28)29-24(2,3)4)25-21(27)18-14-9-7-5-6-8-11-15-20-16-12-10-13-17-20/h7,9-10,12-14,16-19,22,26H,5-6,8,11,15H2,1-4H3,(H,25,27)/b9-7+,18-14+/t19-,22+/m1/s1. The van der Waals surface area contributed by atoms with Gasteiger partial charge >= 0.3 is 5.97 Å². The Labute approximate surface area is 174 Å². The van der Waals surface area contributed by atoms with Crippen LogP contribution in [0.3, 0.4) is 0 Å². The van der Waals surface area contributed by atoms with Crippen molar-refractivity contribution in [2.75, 3.05) is 0 Å². The summed E-state index contributed by atoms with van der Waals surface area (Å²) in [5.41, 5.74) is 0.688. The first-order valence-electron chi connectivity index (χ1n) is 10.3. The fourth-order valence-corrected chi connectivity index (χ4v) is 2.67. The number of hydrogen-bond acceptors (Lipinski definition) is 4. The number of nitrogens with one attached hydrogen (secondary N) is 1. The topological polar surface area (TPSA) is 75.6 Å². The number of aryl methyl sites for hydroxylation is 1. The molecule has 0 aliphatic rings. The van der Waals surface area contributed by atoms with Gasteiger partial charge in [-0.3, -0.25) is 4.79 Å². The molecule has 0 aliphatic heterocycles. The van der Waals surface area contributed by atoms with Gasteiger partial charge in [-0.1, -0.05) is 55.0 Å². The first-order valence-corrected chi connectivity index (χ1v) is 10.3. The fourth-order valence-electron chi connectivity index (χ4n) is 2.67. The molecule has 0 aromatic heterocycles. The number of rotatable bonds is 11. The van der Waals surface area contributed by atoms with Crippen molar-refractivity contribution in [2.45, 2.75) is 77.5 Å². The maximum atomic E-state index is 12.1. The number of ether oxygens (including phenoxy) is 1. The van der Waals surface area contributed by atoms with E-state index in [1.165, 1.54) is 25.0 Å². The Morgan fingerprint density at radius 2 is 1.79 bits per heavy atom. The molecule has 0 saturated carbocycles. The first-order chi connectivity index (χ1) is 13.7. The van der Waals surface area contributed by atoms with Crippen LogP contribution in [0.25, 0.3) is 0 Å². The molecule has 0 unspecified atom stereocenters. The average Bonchev–Trinajstić information content (AvgIpc) is 2.63. The van der Waals surface area contributed by atoms with Crippen molar-refractivity contribution in [1.82, 2.24) is 5.32 Å². The summed E-state index contributed by atoms with van der Waals surface area (Å²) in [6.07, 6.45) is 11.3. The second kappa shape index (κ2) is 12.9. The third kappa shape index (κ3) is 11.9. The van der Waals surface area contributed by atoms with E-state index < -0.39 is 29.6 Å². The summed E-state index contributed by atoms with van der Waals surface area (Å²) >= 11 is 0. The van der Waals surface area contributed by atoms with Gasteiger partial charge in [0, 0.05) is 6.08 Å². The molecule has 2 atom stereocenters. The average molecular weight is 402 g/mol. The van der Waals surface area contributed by atoms with Crippen LogP contribution in [0.15, 0.2) is 54.6 Å². The summed E-state index contributed by atoms with van der Waals surface area (Å²) in [4.78, 5) is 24.1. The lowest BCUT2D eigenvalue weighted by Gasteiger charge is -2.25. The minimum Gasteiger partial charge on any atom is -0.458 e. The minimum absolute atomic E-state index is 0.450. The van der Waals surface area contributed by atoms with Gasteiger partial charge in [-0.05, 0) is 58.9 Å². The Morgan fingerprint density at radius 1 is 1.10 bits per heavy atom. The van der Waals surface area contributed by atoms with E-state index >= 15 is 0 Å². The predicted octanol–water partition coefficient (Wildman–Crippen LogP) is 4.11. The number of esters is 1. The zero-order valence-electron chi connectivity index (χ0n) is 18.1. The number of carbonyl (C=O) groups is 2. The van der Waals surface area contributed by atoms with Crippen molar-refractivity contribution in [3.8, 4) is 0 Å². The van der Waals surface area contributed by atoms with Crippen LogP contribution in [-0.2, 0) is 20.7 Å². The molecule has 5 heteroatoms. The maximum Gasteiger partial charge on any atom is 0.331 e. The Morgan fingerprint density at radius 3 is 2.41 bits per heavy atom. The summed E-state index contributed by atoms with van der Waals surface area (Å²) in [5.74, 6) is -1.10. The van der Waals surface area contributed by atoms with Gasteiger partial charge in [0.15, 0.2) is 6.04 Å². The van der Waals surface area contributed by atoms with E-state index in [1.54, 1.807) is 26.8 Å². The first kappa shape index (κ1) is 24.6. The monoisotopic (exact) mass is 401 g/mol. The van der Waals surface area contributed by atoms with Crippen LogP contribution in [0.2, 0.25) is 0 Å². The molecule has 29 heavy (non-hydrogen) atoms. The van der Waals surface area contributed by atoms with Gasteiger partial charge in [0.1, 0.15) is 5.60 Å². The number of hydrogen-bond donors (Lipinski definition) is 2. The number of benzene rings is 1. The summed E-state index contributed by atoms with van der Waals surface area (Å²) in [6, 6.07) is 9.38. The minimum atomic E-state index is -1.10. The van der Waals surface area contributed by atoms with Gasteiger partial charge in [0.25, 0.3) is 0 Å². The van der Waals surface area contributed by atoms with Crippen LogP contribution in [-0.4, -0.2) is 34.7 Å². The van der Waals surface area contributed by atoms with Crippen LogP contribution >= 0.6 is 0 Å². The molecule has 0 fully saturated rings. The smallest absolute Gasteiger partial charge is 0.331 e. The Kier molecular flexibility index (Phi) is 11.0. The number of carbonyl (C=O) groups excluding carboxylic acids is 2. The van der Waals surface area contributed by atoms with Crippen molar-refractivity contribution < 1.29 is 19.4 Å². The second-order valence-electron chi connectivity index (χ2n) is 8.13. The van der Waals surface area contributed by atoms with E-state index in [0.29, 0.717) is 0 Å². The molecule has 1 aromatic rings. The number of aliphatic hydroxyl groups is 1. The van der Waals surface area contributed by atoms with Crippen molar-refractivity contribution in [3.63, 3.8) is 0 Å². The predicted molar refractivity (Wildman–Crippen MR) is 116 cm³/mol. The Balaban J connectivity index is 2.27. The van der Waals surface area contributed by atoms with Crippen LogP contribution < -0.4 is 5.32 Å². The summed E-state index contributed by atoms with van der Waals surface area (Å²) < 4.78 is 5.23. The number of amides is 1. The Bertz CT molecular complexity index is 672. The Hall–Kier alpha value is -2.40. The highest BCUT2D eigenvalue weighted by Gasteiger charge is 2.29. The summed E-state index contributed by atoms with van der Waals surface area (Å²) in [7, 11) is 0. The summed E-state index contributed by atoms with van der Waals surface area (Å²) in [6.45, 7) is 6.64. The lowest BCUT2D eigenvalue weighted by Crippen LogP contribution is -2.49.